The van der Waals surface area contributed by atoms with Crippen LogP contribution in [-0.2, 0) is 6.54 Å². The van der Waals surface area contributed by atoms with E-state index in [2.05, 4.69) is 24.5 Å². The first-order chi connectivity index (χ1) is 8.91. The molecule has 0 heterocycles. The zero-order valence-electron chi connectivity index (χ0n) is 12.0. The van der Waals surface area contributed by atoms with Gasteiger partial charge in [0.05, 0.1) is 0 Å². The average Bonchev–Trinajstić information content (AvgIpc) is 2.30. The van der Waals surface area contributed by atoms with Crippen molar-refractivity contribution >= 4 is 17.6 Å². The first-order valence-corrected chi connectivity index (χ1v) is 6.71. The lowest BCUT2D eigenvalue weighted by Gasteiger charge is -2.14. The van der Waals surface area contributed by atoms with Gasteiger partial charge in [0.25, 0.3) is 0 Å². The summed E-state index contributed by atoms with van der Waals surface area (Å²) in [6.07, 6.45) is 0. The van der Waals surface area contributed by atoms with Gasteiger partial charge in [-0.3, -0.25) is 0 Å². The average molecular weight is 284 g/mol. The molecule has 2 amide bonds. The van der Waals surface area contributed by atoms with Gasteiger partial charge in [0.15, 0.2) is 0 Å². The van der Waals surface area contributed by atoms with Crippen molar-refractivity contribution in [3.05, 3.63) is 33.8 Å². The van der Waals surface area contributed by atoms with Crippen molar-refractivity contribution in [1.82, 2.24) is 15.5 Å². The predicted octanol–water partition coefficient (Wildman–Crippen LogP) is 2.32. The maximum atomic E-state index is 11.3. The van der Waals surface area contributed by atoms with Crippen molar-refractivity contribution < 1.29 is 4.79 Å². The van der Waals surface area contributed by atoms with Gasteiger partial charge in [-0.1, -0.05) is 11.6 Å². The summed E-state index contributed by atoms with van der Waals surface area (Å²) >= 11 is 6.00. The molecule has 1 rings (SSSR count). The first kappa shape index (κ1) is 15.8. The summed E-state index contributed by atoms with van der Waals surface area (Å²) in [7, 11) is 3.45. The number of hydrogen-bond donors (Lipinski definition) is 2. The van der Waals surface area contributed by atoms with Crippen molar-refractivity contribution in [3.8, 4) is 0 Å². The molecule has 106 valence electrons. The van der Waals surface area contributed by atoms with Crippen LogP contribution in [0.15, 0.2) is 12.1 Å². The molecule has 0 saturated heterocycles. The van der Waals surface area contributed by atoms with Crippen LogP contribution in [0.1, 0.15) is 16.7 Å². The number of carbonyl (C=O) groups excluding carboxylic acids is 1. The number of hydrogen-bond acceptors (Lipinski definition) is 2. The summed E-state index contributed by atoms with van der Waals surface area (Å²) in [6.45, 7) is 6.25. The van der Waals surface area contributed by atoms with Gasteiger partial charge in [0.1, 0.15) is 0 Å². The van der Waals surface area contributed by atoms with E-state index in [4.69, 9.17) is 11.6 Å². The molecule has 5 heteroatoms. The molecule has 0 bridgehead atoms. The number of carbonyl (C=O) groups is 1. The lowest BCUT2D eigenvalue weighted by Crippen LogP contribution is -2.38. The molecule has 1 aromatic rings. The van der Waals surface area contributed by atoms with Crippen molar-refractivity contribution in [1.29, 1.82) is 0 Å². The number of nitrogens with zero attached hydrogens (tertiary/aromatic N) is 1. The van der Waals surface area contributed by atoms with Gasteiger partial charge >= 0.3 is 6.03 Å². The van der Waals surface area contributed by atoms with E-state index in [9.17, 15) is 4.79 Å². The van der Waals surface area contributed by atoms with Crippen LogP contribution in [0.25, 0.3) is 0 Å². The van der Waals surface area contributed by atoms with Crippen LogP contribution >= 0.6 is 11.6 Å². The Labute approximate surface area is 120 Å². The maximum absolute atomic E-state index is 11.3. The molecule has 2 N–H and O–H groups in total. The van der Waals surface area contributed by atoms with Crippen molar-refractivity contribution in [2.45, 2.75) is 20.4 Å². The summed E-state index contributed by atoms with van der Waals surface area (Å²) in [6, 6.07) is 3.87. The second-order valence-electron chi connectivity index (χ2n) is 4.82. The van der Waals surface area contributed by atoms with E-state index < -0.39 is 0 Å². The fourth-order valence-electron chi connectivity index (χ4n) is 1.85. The van der Waals surface area contributed by atoms with Crippen LogP contribution in [0.4, 0.5) is 4.79 Å². The third-order valence-electron chi connectivity index (χ3n) is 2.95. The second-order valence-corrected chi connectivity index (χ2v) is 5.26. The third kappa shape index (κ3) is 5.09. The Morgan fingerprint density at radius 3 is 2.32 bits per heavy atom. The summed E-state index contributed by atoms with van der Waals surface area (Å²) in [4.78, 5) is 12.8. The Balaban J connectivity index is 2.36. The zero-order valence-corrected chi connectivity index (χ0v) is 12.8. The molecule has 1 aromatic carbocycles. The lowest BCUT2D eigenvalue weighted by atomic mass is 10.0. The van der Waals surface area contributed by atoms with Gasteiger partial charge in [-0.25, -0.2) is 4.79 Å². The minimum Gasteiger partial charge on any atom is -0.337 e. The predicted molar refractivity (Wildman–Crippen MR) is 79.7 cm³/mol. The smallest absolute Gasteiger partial charge is 0.316 e. The molecule has 4 nitrogen and oxygen atoms in total. The number of rotatable bonds is 5. The Bertz CT molecular complexity index is 423. The highest BCUT2D eigenvalue weighted by Crippen LogP contribution is 2.19. The summed E-state index contributed by atoms with van der Waals surface area (Å²) in [5.74, 6) is 0. The SMILES string of the molecule is Cc1cc(Cl)cc(C)c1CNCCNC(=O)N(C)C. The van der Waals surface area contributed by atoms with Crippen LogP contribution in [0, 0.1) is 13.8 Å². The molecule has 0 aliphatic rings. The topological polar surface area (TPSA) is 44.4 Å². The number of amides is 2. The molecular weight excluding hydrogens is 262 g/mol. The van der Waals surface area contributed by atoms with E-state index in [1.54, 1.807) is 14.1 Å². The van der Waals surface area contributed by atoms with Crippen LogP contribution in [0.5, 0.6) is 0 Å². The second kappa shape index (κ2) is 7.36. The molecule has 0 aliphatic carbocycles. The standard InChI is InChI=1S/C14H22ClN3O/c1-10-7-12(15)8-11(2)13(10)9-16-5-6-17-14(19)18(3)4/h7-8,16H,5-6,9H2,1-4H3,(H,17,19). The normalized spacial score (nSPS) is 10.4. The van der Waals surface area contributed by atoms with E-state index in [0.29, 0.717) is 6.54 Å². The Kier molecular flexibility index (Phi) is 6.12. The number of urea groups is 1. The molecule has 0 saturated carbocycles. The number of benzene rings is 1. The number of aryl methyl sites for hydroxylation is 2. The van der Waals surface area contributed by atoms with Crippen molar-refractivity contribution in [2.75, 3.05) is 27.2 Å². The van der Waals surface area contributed by atoms with Crippen LogP contribution in [0.2, 0.25) is 5.02 Å². The minimum atomic E-state index is -0.0688. The van der Waals surface area contributed by atoms with E-state index >= 15 is 0 Å². The summed E-state index contributed by atoms with van der Waals surface area (Å²) in [5, 5.41) is 6.91. The van der Waals surface area contributed by atoms with Gasteiger partial charge in [-0.05, 0) is 42.7 Å². The Hall–Kier alpha value is -1.26. The highest BCUT2D eigenvalue weighted by molar-refractivity contribution is 6.30. The van der Waals surface area contributed by atoms with Crippen LogP contribution < -0.4 is 10.6 Å². The molecule has 0 unspecified atom stereocenters. The highest BCUT2D eigenvalue weighted by Gasteiger charge is 2.04. The van der Waals surface area contributed by atoms with Crippen LogP contribution in [-0.4, -0.2) is 38.1 Å². The molecule has 0 spiro atoms. The van der Waals surface area contributed by atoms with Gasteiger partial charge in [0, 0.05) is 38.8 Å². The monoisotopic (exact) mass is 283 g/mol. The maximum Gasteiger partial charge on any atom is 0.316 e. The molecule has 0 aromatic heterocycles. The van der Waals surface area contributed by atoms with Crippen molar-refractivity contribution in [2.24, 2.45) is 0 Å². The number of nitrogens with one attached hydrogen (secondary N) is 2. The van der Waals surface area contributed by atoms with E-state index in [1.165, 1.54) is 21.6 Å². The van der Waals surface area contributed by atoms with Gasteiger partial charge in [0.2, 0.25) is 0 Å². The van der Waals surface area contributed by atoms with E-state index in [0.717, 1.165) is 18.1 Å². The highest BCUT2D eigenvalue weighted by atomic mass is 35.5. The van der Waals surface area contributed by atoms with E-state index in [1.807, 2.05) is 12.1 Å². The molecule has 0 aliphatic heterocycles. The lowest BCUT2D eigenvalue weighted by molar-refractivity contribution is 0.217. The van der Waals surface area contributed by atoms with Crippen LogP contribution in [0.3, 0.4) is 0 Å². The summed E-state index contributed by atoms with van der Waals surface area (Å²) < 4.78 is 0. The quantitative estimate of drug-likeness (QED) is 0.815. The molecule has 0 fully saturated rings. The van der Waals surface area contributed by atoms with Gasteiger partial charge in [-0.2, -0.15) is 0 Å². The first-order valence-electron chi connectivity index (χ1n) is 6.33. The zero-order chi connectivity index (χ0) is 14.4. The molecule has 0 radical (unpaired) electrons. The van der Waals surface area contributed by atoms with Gasteiger partial charge in [-0.15, -0.1) is 0 Å². The Morgan fingerprint density at radius 1 is 1.21 bits per heavy atom. The Morgan fingerprint density at radius 2 is 1.79 bits per heavy atom. The molecule has 19 heavy (non-hydrogen) atoms. The van der Waals surface area contributed by atoms with Gasteiger partial charge < -0.3 is 15.5 Å². The fraction of sp³-hybridized carbons (Fsp3) is 0.500. The van der Waals surface area contributed by atoms with E-state index in [-0.39, 0.29) is 6.03 Å². The van der Waals surface area contributed by atoms with Crippen molar-refractivity contribution in [3.63, 3.8) is 0 Å². The fourth-order valence-corrected chi connectivity index (χ4v) is 2.18. The summed E-state index contributed by atoms with van der Waals surface area (Å²) in [5.41, 5.74) is 3.65. The largest absolute Gasteiger partial charge is 0.337 e. The minimum absolute atomic E-state index is 0.0688. The third-order valence-corrected chi connectivity index (χ3v) is 3.16. The molecular formula is C14H22ClN3O. The number of halogens is 1. The molecule has 0 atom stereocenters.